The molecule has 0 radical (unpaired) electrons. The summed E-state index contributed by atoms with van der Waals surface area (Å²) in [6, 6.07) is 29.4. The molecule has 0 saturated carbocycles. The SMILES string of the molecule is CC(C)(C)[C@H](c1nc(-c2ccccc2)cn1-c1ccccc1)N(CCCN)C(=O)Nc1ccccc1. The first-order valence-corrected chi connectivity index (χ1v) is 12.4. The predicted molar refractivity (Wildman–Crippen MR) is 147 cm³/mol. The van der Waals surface area contributed by atoms with Gasteiger partial charge in [-0.1, -0.05) is 87.5 Å². The van der Waals surface area contributed by atoms with Crippen LogP contribution in [0, 0.1) is 5.41 Å². The van der Waals surface area contributed by atoms with Crippen LogP contribution in [-0.2, 0) is 0 Å². The number of hydrogen-bond acceptors (Lipinski definition) is 3. The molecule has 1 atom stereocenters. The van der Waals surface area contributed by atoms with E-state index in [9.17, 15) is 4.79 Å². The highest BCUT2D eigenvalue weighted by atomic mass is 16.2. The second-order valence-electron chi connectivity index (χ2n) is 9.96. The predicted octanol–water partition coefficient (Wildman–Crippen LogP) is 6.51. The van der Waals surface area contributed by atoms with Gasteiger partial charge in [0.2, 0.25) is 0 Å². The molecule has 6 nitrogen and oxygen atoms in total. The molecule has 36 heavy (non-hydrogen) atoms. The summed E-state index contributed by atoms with van der Waals surface area (Å²) < 4.78 is 2.11. The molecule has 0 unspecified atom stereocenters. The number of benzene rings is 3. The lowest BCUT2D eigenvalue weighted by atomic mass is 9.84. The van der Waals surface area contributed by atoms with Crippen LogP contribution in [0.25, 0.3) is 16.9 Å². The fourth-order valence-electron chi connectivity index (χ4n) is 4.45. The maximum absolute atomic E-state index is 13.7. The van der Waals surface area contributed by atoms with E-state index >= 15 is 0 Å². The van der Waals surface area contributed by atoms with Gasteiger partial charge in [0.25, 0.3) is 0 Å². The Bertz CT molecular complexity index is 1250. The van der Waals surface area contributed by atoms with Crippen molar-refractivity contribution in [1.82, 2.24) is 14.5 Å². The van der Waals surface area contributed by atoms with Crippen molar-refractivity contribution in [2.45, 2.75) is 33.2 Å². The minimum Gasteiger partial charge on any atom is -0.330 e. The van der Waals surface area contributed by atoms with Crippen molar-refractivity contribution in [1.29, 1.82) is 0 Å². The minimum absolute atomic E-state index is 0.168. The first-order valence-electron chi connectivity index (χ1n) is 12.4. The fourth-order valence-corrected chi connectivity index (χ4v) is 4.45. The third-order valence-electron chi connectivity index (χ3n) is 6.10. The molecule has 0 bridgehead atoms. The first kappa shape index (κ1) is 25.2. The van der Waals surface area contributed by atoms with Gasteiger partial charge in [-0.25, -0.2) is 9.78 Å². The van der Waals surface area contributed by atoms with E-state index < -0.39 is 0 Å². The Balaban J connectivity index is 1.84. The smallest absolute Gasteiger partial charge is 0.322 e. The van der Waals surface area contributed by atoms with Gasteiger partial charge in [0.15, 0.2) is 0 Å². The van der Waals surface area contributed by atoms with Crippen LogP contribution in [0.15, 0.2) is 97.2 Å². The Labute approximate surface area is 213 Å². The van der Waals surface area contributed by atoms with Gasteiger partial charge in [-0.3, -0.25) is 0 Å². The molecule has 0 aliphatic heterocycles. The first-order chi connectivity index (χ1) is 17.4. The number of anilines is 1. The average Bonchev–Trinajstić information content (AvgIpc) is 3.32. The van der Waals surface area contributed by atoms with Gasteiger partial charge in [0, 0.05) is 29.7 Å². The molecule has 1 heterocycles. The molecule has 0 aliphatic rings. The van der Waals surface area contributed by atoms with Crippen LogP contribution in [0.1, 0.15) is 39.1 Å². The number of carbonyl (C=O) groups is 1. The van der Waals surface area contributed by atoms with Crippen molar-refractivity contribution in [2.24, 2.45) is 11.1 Å². The van der Waals surface area contributed by atoms with E-state index in [-0.39, 0.29) is 17.5 Å². The second kappa shape index (κ2) is 11.2. The molecule has 0 saturated heterocycles. The molecule has 6 heteroatoms. The quantitative estimate of drug-likeness (QED) is 0.301. The lowest BCUT2D eigenvalue weighted by Crippen LogP contribution is -2.45. The summed E-state index contributed by atoms with van der Waals surface area (Å²) in [5.41, 5.74) is 9.24. The summed E-state index contributed by atoms with van der Waals surface area (Å²) in [6.07, 6.45) is 2.75. The Morgan fingerprint density at radius 2 is 1.53 bits per heavy atom. The molecule has 4 aromatic rings. The second-order valence-corrected chi connectivity index (χ2v) is 9.96. The topological polar surface area (TPSA) is 76.2 Å². The lowest BCUT2D eigenvalue weighted by Gasteiger charge is -2.40. The van der Waals surface area contributed by atoms with Crippen LogP contribution in [0.5, 0.6) is 0 Å². The van der Waals surface area contributed by atoms with E-state index in [2.05, 4.69) is 61.1 Å². The maximum atomic E-state index is 13.7. The largest absolute Gasteiger partial charge is 0.330 e. The molecular formula is C30H35N5O. The van der Waals surface area contributed by atoms with E-state index in [1.54, 1.807) is 0 Å². The van der Waals surface area contributed by atoms with Crippen LogP contribution < -0.4 is 11.1 Å². The fraction of sp³-hybridized carbons (Fsp3) is 0.267. The molecule has 1 aromatic heterocycles. The van der Waals surface area contributed by atoms with Crippen molar-refractivity contribution in [2.75, 3.05) is 18.4 Å². The van der Waals surface area contributed by atoms with Gasteiger partial charge in [0.1, 0.15) is 5.82 Å². The highest BCUT2D eigenvalue weighted by molar-refractivity contribution is 5.89. The van der Waals surface area contributed by atoms with Crippen LogP contribution in [0.4, 0.5) is 10.5 Å². The van der Waals surface area contributed by atoms with Crippen molar-refractivity contribution in [3.63, 3.8) is 0 Å². The minimum atomic E-state index is -0.314. The third kappa shape index (κ3) is 5.83. The molecule has 0 fully saturated rings. The highest BCUT2D eigenvalue weighted by Gasteiger charge is 2.38. The number of imidazole rings is 1. The molecule has 0 aliphatic carbocycles. The normalized spacial score (nSPS) is 12.2. The maximum Gasteiger partial charge on any atom is 0.322 e. The van der Waals surface area contributed by atoms with Crippen LogP contribution in [-0.4, -0.2) is 33.6 Å². The summed E-state index contributed by atoms with van der Waals surface area (Å²) in [4.78, 5) is 20.8. The van der Waals surface area contributed by atoms with Crippen molar-refractivity contribution < 1.29 is 4.79 Å². The van der Waals surface area contributed by atoms with E-state index in [4.69, 9.17) is 10.7 Å². The van der Waals surface area contributed by atoms with E-state index in [0.29, 0.717) is 19.5 Å². The van der Waals surface area contributed by atoms with Gasteiger partial charge in [-0.05, 0) is 42.6 Å². The van der Waals surface area contributed by atoms with Crippen molar-refractivity contribution in [3.8, 4) is 16.9 Å². The molecule has 4 rings (SSSR count). The number of aromatic nitrogens is 2. The number of hydrogen-bond donors (Lipinski definition) is 2. The van der Waals surface area contributed by atoms with Crippen molar-refractivity contribution >= 4 is 11.7 Å². The summed E-state index contributed by atoms with van der Waals surface area (Å²) >= 11 is 0. The van der Waals surface area contributed by atoms with Gasteiger partial charge in [0.05, 0.1) is 11.7 Å². The molecule has 3 aromatic carbocycles. The number of nitrogens with one attached hydrogen (secondary N) is 1. The number of carbonyl (C=O) groups excluding carboxylic acids is 1. The van der Waals surface area contributed by atoms with E-state index in [1.807, 2.05) is 71.6 Å². The zero-order chi connectivity index (χ0) is 25.5. The number of rotatable bonds is 8. The Morgan fingerprint density at radius 1 is 0.944 bits per heavy atom. The van der Waals surface area contributed by atoms with Gasteiger partial charge >= 0.3 is 6.03 Å². The zero-order valence-electron chi connectivity index (χ0n) is 21.3. The monoisotopic (exact) mass is 481 g/mol. The standard InChI is InChI=1S/C30H35N5O/c1-30(2,3)27(34(21-13-20-31)29(36)32-24-16-9-5-10-17-24)28-33-26(23-14-7-4-8-15-23)22-35(28)25-18-11-6-12-19-25/h4-12,14-19,22,27H,13,20-21,31H2,1-3H3,(H,32,36)/t27-/m0/s1. The Hall–Kier alpha value is -3.90. The zero-order valence-corrected chi connectivity index (χ0v) is 21.3. The van der Waals surface area contributed by atoms with Gasteiger partial charge in [-0.2, -0.15) is 0 Å². The van der Waals surface area contributed by atoms with E-state index in [1.165, 1.54) is 0 Å². The summed E-state index contributed by atoms with van der Waals surface area (Å²) in [6.45, 7) is 7.45. The summed E-state index contributed by atoms with van der Waals surface area (Å²) in [5.74, 6) is 0.813. The molecule has 2 amide bonds. The number of amides is 2. The number of urea groups is 1. The number of nitrogens with zero attached hydrogens (tertiary/aromatic N) is 3. The molecule has 0 spiro atoms. The van der Waals surface area contributed by atoms with Gasteiger partial charge in [-0.15, -0.1) is 0 Å². The highest BCUT2D eigenvalue weighted by Crippen LogP contribution is 2.40. The number of para-hydroxylation sites is 2. The summed E-state index contributed by atoms with van der Waals surface area (Å²) in [7, 11) is 0. The molecule has 3 N–H and O–H groups in total. The summed E-state index contributed by atoms with van der Waals surface area (Å²) in [5, 5.41) is 3.08. The molecular weight excluding hydrogens is 446 g/mol. The number of nitrogens with two attached hydrogens (primary N) is 1. The van der Waals surface area contributed by atoms with Crippen molar-refractivity contribution in [3.05, 3.63) is 103 Å². The third-order valence-corrected chi connectivity index (χ3v) is 6.10. The lowest BCUT2D eigenvalue weighted by molar-refractivity contribution is 0.118. The van der Waals surface area contributed by atoms with Crippen LogP contribution >= 0.6 is 0 Å². The van der Waals surface area contributed by atoms with Gasteiger partial charge < -0.3 is 20.5 Å². The van der Waals surface area contributed by atoms with Crippen LogP contribution in [0.2, 0.25) is 0 Å². The Morgan fingerprint density at radius 3 is 2.11 bits per heavy atom. The molecule has 186 valence electrons. The Kier molecular flexibility index (Phi) is 7.86. The average molecular weight is 482 g/mol. The van der Waals surface area contributed by atoms with Crippen LogP contribution in [0.3, 0.4) is 0 Å². The van der Waals surface area contributed by atoms with E-state index in [0.717, 1.165) is 28.5 Å².